The Hall–Kier alpha value is -2.31. The van der Waals surface area contributed by atoms with E-state index in [1.807, 2.05) is 18.2 Å². The molecule has 1 unspecified atom stereocenters. The van der Waals surface area contributed by atoms with Crippen LogP contribution >= 0.6 is 0 Å². The lowest BCUT2D eigenvalue weighted by molar-refractivity contribution is 0.0315. The summed E-state index contributed by atoms with van der Waals surface area (Å²) in [6.45, 7) is 4.41. The van der Waals surface area contributed by atoms with Gasteiger partial charge in [0, 0.05) is 26.1 Å². The summed E-state index contributed by atoms with van der Waals surface area (Å²) in [7, 11) is 0. The van der Waals surface area contributed by atoms with E-state index in [-0.39, 0.29) is 24.5 Å². The first-order valence-electron chi connectivity index (χ1n) is 8.90. The van der Waals surface area contributed by atoms with Crippen LogP contribution in [-0.2, 0) is 4.74 Å². The fourth-order valence-corrected chi connectivity index (χ4v) is 3.23. The summed E-state index contributed by atoms with van der Waals surface area (Å²) >= 11 is 0. The van der Waals surface area contributed by atoms with Gasteiger partial charge in [0.1, 0.15) is 6.10 Å². The standard InChI is InChI=1S/C20H22FNO4/c21-16-3-1-2-4-18(16)26-17(7-8-22-9-11-23-12-10-22)15-5-6-19-20(13-15)25-14-24-19/h1-6,13,17H,7-12,14H2. The second kappa shape index (κ2) is 7.93. The molecule has 1 saturated heterocycles. The van der Waals surface area contributed by atoms with Crippen LogP contribution < -0.4 is 14.2 Å². The Balaban J connectivity index is 1.53. The molecule has 0 N–H and O–H groups in total. The van der Waals surface area contributed by atoms with Gasteiger partial charge in [0.2, 0.25) is 6.79 Å². The molecule has 2 aromatic carbocycles. The fourth-order valence-electron chi connectivity index (χ4n) is 3.23. The highest BCUT2D eigenvalue weighted by Crippen LogP contribution is 2.36. The number of hydrogen-bond acceptors (Lipinski definition) is 5. The maximum absolute atomic E-state index is 14.1. The molecule has 0 bridgehead atoms. The fraction of sp³-hybridized carbons (Fsp3) is 0.400. The summed E-state index contributed by atoms with van der Waals surface area (Å²) in [6, 6.07) is 12.3. The lowest BCUT2D eigenvalue weighted by atomic mass is 10.0. The lowest BCUT2D eigenvalue weighted by Gasteiger charge is -2.28. The number of fused-ring (bicyclic) bond motifs is 1. The largest absolute Gasteiger partial charge is 0.483 e. The van der Waals surface area contributed by atoms with E-state index in [4.69, 9.17) is 18.9 Å². The molecule has 26 heavy (non-hydrogen) atoms. The molecule has 0 radical (unpaired) electrons. The van der Waals surface area contributed by atoms with Crippen LogP contribution in [0.3, 0.4) is 0 Å². The number of ether oxygens (including phenoxy) is 4. The van der Waals surface area contributed by atoms with Gasteiger partial charge in [-0.3, -0.25) is 4.90 Å². The van der Waals surface area contributed by atoms with Gasteiger partial charge < -0.3 is 18.9 Å². The van der Waals surface area contributed by atoms with E-state index >= 15 is 0 Å². The van der Waals surface area contributed by atoms with Gasteiger partial charge in [-0.1, -0.05) is 18.2 Å². The van der Waals surface area contributed by atoms with Gasteiger partial charge in [-0.2, -0.15) is 0 Å². The summed E-state index contributed by atoms with van der Waals surface area (Å²) in [5, 5.41) is 0. The van der Waals surface area contributed by atoms with Crippen LogP contribution in [0.15, 0.2) is 42.5 Å². The van der Waals surface area contributed by atoms with Gasteiger partial charge in [0.05, 0.1) is 13.2 Å². The Kier molecular flexibility index (Phi) is 5.22. The quantitative estimate of drug-likeness (QED) is 0.791. The molecule has 2 heterocycles. The van der Waals surface area contributed by atoms with Gasteiger partial charge in [-0.25, -0.2) is 4.39 Å². The minimum atomic E-state index is -0.357. The highest BCUT2D eigenvalue weighted by atomic mass is 19.1. The third-order valence-corrected chi connectivity index (χ3v) is 4.69. The molecular formula is C20H22FNO4. The topological polar surface area (TPSA) is 40.2 Å². The van der Waals surface area contributed by atoms with Gasteiger partial charge in [-0.05, 0) is 29.8 Å². The van der Waals surface area contributed by atoms with Crippen molar-refractivity contribution in [3.8, 4) is 17.2 Å². The van der Waals surface area contributed by atoms with E-state index in [2.05, 4.69) is 4.90 Å². The average Bonchev–Trinajstić information content (AvgIpc) is 3.15. The third-order valence-electron chi connectivity index (χ3n) is 4.69. The molecule has 2 aliphatic heterocycles. The number of benzene rings is 2. The smallest absolute Gasteiger partial charge is 0.231 e. The molecule has 0 aliphatic carbocycles. The maximum atomic E-state index is 14.1. The highest BCUT2D eigenvalue weighted by molar-refractivity contribution is 5.45. The van der Waals surface area contributed by atoms with Crippen LogP contribution in [0.25, 0.3) is 0 Å². The van der Waals surface area contributed by atoms with E-state index in [1.54, 1.807) is 18.2 Å². The van der Waals surface area contributed by atoms with Gasteiger partial charge >= 0.3 is 0 Å². The zero-order chi connectivity index (χ0) is 17.8. The summed E-state index contributed by atoms with van der Waals surface area (Å²) < 4.78 is 36.4. The molecule has 2 aliphatic rings. The van der Waals surface area contributed by atoms with Crippen molar-refractivity contribution in [1.29, 1.82) is 0 Å². The summed E-state index contributed by atoms with van der Waals surface area (Å²) in [4.78, 5) is 2.34. The Labute approximate surface area is 152 Å². The first-order chi connectivity index (χ1) is 12.8. The van der Waals surface area contributed by atoms with Crippen LogP contribution in [0.4, 0.5) is 4.39 Å². The van der Waals surface area contributed by atoms with Crippen LogP contribution in [0.2, 0.25) is 0 Å². The minimum absolute atomic E-state index is 0.228. The number of rotatable bonds is 6. The third kappa shape index (κ3) is 3.92. The van der Waals surface area contributed by atoms with Crippen molar-refractivity contribution in [3.05, 3.63) is 53.8 Å². The molecule has 0 amide bonds. The number of hydrogen-bond donors (Lipinski definition) is 0. The molecular weight excluding hydrogens is 337 g/mol. The monoisotopic (exact) mass is 359 g/mol. The Morgan fingerprint density at radius 1 is 1.04 bits per heavy atom. The van der Waals surface area contributed by atoms with Crippen molar-refractivity contribution in [2.75, 3.05) is 39.6 Å². The molecule has 6 heteroatoms. The van der Waals surface area contributed by atoms with Crippen LogP contribution in [0.1, 0.15) is 18.1 Å². The summed E-state index contributed by atoms with van der Waals surface area (Å²) in [5.41, 5.74) is 0.950. The van der Waals surface area contributed by atoms with Crippen LogP contribution in [0.5, 0.6) is 17.2 Å². The molecule has 138 valence electrons. The molecule has 4 rings (SSSR count). The second-order valence-electron chi connectivity index (χ2n) is 6.39. The van der Waals surface area contributed by atoms with Gasteiger partial charge in [-0.15, -0.1) is 0 Å². The number of halogens is 1. The second-order valence-corrected chi connectivity index (χ2v) is 6.39. The SMILES string of the molecule is Fc1ccccc1OC(CCN1CCOCC1)c1ccc2c(c1)OCO2. The Morgan fingerprint density at radius 2 is 1.85 bits per heavy atom. The number of para-hydroxylation sites is 1. The number of nitrogens with zero attached hydrogens (tertiary/aromatic N) is 1. The maximum Gasteiger partial charge on any atom is 0.231 e. The van der Waals surface area contributed by atoms with E-state index in [0.29, 0.717) is 5.75 Å². The van der Waals surface area contributed by atoms with E-state index in [1.165, 1.54) is 6.07 Å². The molecule has 1 atom stereocenters. The van der Waals surface area contributed by atoms with Crippen molar-refractivity contribution in [2.45, 2.75) is 12.5 Å². The zero-order valence-electron chi connectivity index (χ0n) is 14.5. The first kappa shape index (κ1) is 17.1. The Bertz CT molecular complexity index is 748. The van der Waals surface area contributed by atoms with Crippen molar-refractivity contribution in [3.63, 3.8) is 0 Å². The summed E-state index contributed by atoms with van der Waals surface area (Å²) in [6.07, 6.45) is 0.470. The lowest BCUT2D eigenvalue weighted by Crippen LogP contribution is -2.37. The number of morpholine rings is 1. The van der Waals surface area contributed by atoms with E-state index in [9.17, 15) is 4.39 Å². The summed E-state index contributed by atoms with van der Waals surface area (Å²) in [5.74, 6) is 1.34. The van der Waals surface area contributed by atoms with Crippen molar-refractivity contribution >= 4 is 0 Å². The highest BCUT2D eigenvalue weighted by Gasteiger charge is 2.22. The molecule has 5 nitrogen and oxygen atoms in total. The predicted octanol–water partition coefficient (Wildman–Crippen LogP) is 3.40. The zero-order valence-corrected chi connectivity index (χ0v) is 14.5. The Morgan fingerprint density at radius 3 is 2.69 bits per heavy atom. The van der Waals surface area contributed by atoms with E-state index in [0.717, 1.165) is 50.6 Å². The molecule has 2 aromatic rings. The normalized spacial score (nSPS) is 17.9. The molecule has 0 aromatic heterocycles. The van der Waals surface area contributed by atoms with Gasteiger partial charge in [0.15, 0.2) is 23.1 Å². The first-order valence-corrected chi connectivity index (χ1v) is 8.90. The van der Waals surface area contributed by atoms with E-state index < -0.39 is 0 Å². The van der Waals surface area contributed by atoms with Crippen LogP contribution in [-0.4, -0.2) is 44.5 Å². The average molecular weight is 359 g/mol. The molecule has 0 spiro atoms. The van der Waals surface area contributed by atoms with Crippen molar-refractivity contribution in [1.82, 2.24) is 4.90 Å². The molecule has 1 fully saturated rings. The van der Waals surface area contributed by atoms with Crippen LogP contribution in [0, 0.1) is 5.82 Å². The van der Waals surface area contributed by atoms with Gasteiger partial charge in [0.25, 0.3) is 0 Å². The molecule has 0 saturated carbocycles. The predicted molar refractivity (Wildman–Crippen MR) is 94.2 cm³/mol. The van der Waals surface area contributed by atoms with Crippen molar-refractivity contribution < 1.29 is 23.3 Å². The minimum Gasteiger partial charge on any atom is -0.483 e. The van der Waals surface area contributed by atoms with Crippen molar-refractivity contribution in [2.24, 2.45) is 0 Å².